The number of alkyl carbamates (subject to hydrolysis) is 1. The van der Waals surface area contributed by atoms with Crippen molar-refractivity contribution in [1.82, 2.24) is 5.32 Å². The lowest BCUT2D eigenvalue weighted by atomic mass is 10.1. The number of hydrogen-bond acceptors (Lipinski definition) is 6. The number of nitrogens with one attached hydrogen (secondary N) is 2. The van der Waals surface area contributed by atoms with Gasteiger partial charge < -0.3 is 10.1 Å². The van der Waals surface area contributed by atoms with E-state index in [1.54, 1.807) is 18.7 Å². The summed E-state index contributed by atoms with van der Waals surface area (Å²) in [6.07, 6.45) is 2.99. The average molecular weight is 447 g/mol. The lowest BCUT2D eigenvalue weighted by molar-refractivity contribution is -0.116. The molecule has 1 aliphatic carbocycles. The number of rotatable bonds is 8. The summed E-state index contributed by atoms with van der Waals surface area (Å²) in [6.45, 7) is 3.92. The number of hydrogen-bond donors (Lipinski definition) is 2. The van der Waals surface area contributed by atoms with E-state index in [0.29, 0.717) is 17.0 Å². The molecule has 8 heteroatoms. The number of carbonyl (C=O) groups excluding carboxylic acids is 3. The molecule has 0 radical (unpaired) electrons. The van der Waals surface area contributed by atoms with E-state index in [9.17, 15) is 14.4 Å². The number of thiophene rings is 1. The van der Waals surface area contributed by atoms with Gasteiger partial charge in [0.05, 0.1) is 12.2 Å². The minimum atomic E-state index is -0.772. The number of carbonyl (C=O) groups is 3. The van der Waals surface area contributed by atoms with Gasteiger partial charge in [-0.2, -0.15) is 0 Å². The van der Waals surface area contributed by atoms with Crippen LogP contribution in [0, 0.1) is 6.92 Å². The van der Waals surface area contributed by atoms with Crippen molar-refractivity contribution in [2.75, 3.05) is 17.7 Å². The van der Waals surface area contributed by atoms with Crippen molar-refractivity contribution in [3.63, 3.8) is 0 Å². The highest BCUT2D eigenvalue weighted by atomic mass is 32.2. The van der Waals surface area contributed by atoms with Crippen molar-refractivity contribution in [2.45, 2.75) is 50.8 Å². The third-order valence-corrected chi connectivity index (χ3v) is 7.04. The normalized spacial score (nSPS) is 12.3. The van der Waals surface area contributed by atoms with Gasteiger partial charge in [-0.1, -0.05) is 17.7 Å². The van der Waals surface area contributed by atoms with Crippen LogP contribution < -0.4 is 10.6 Å². The summed E-state index contributed by atoms with van der Waals surface area (Å²) >= 11 is 3.16. The first-order chi connectivity index (χ1) is 14.5. The Morgan fingerprint density at radius 1 is 1.17 bits per heavy atom. The monoisotopic (exact) mass is 446 g/mol. The maximum Gasteiger partial charge on any atom is 0.414 e. The molecule has 2 N–H and O–H groups in total. The van der Waals surface area contributed by atoms with E-state index in [1.165, 1.54) is 21.8 Å². The molecule has 0 atom stereocenters. The predicted octanol–water partition coefficient (Wildman–Crippen LogP) is 4.94. The van der Waals surface area contributed by atoms with Crippen LogP contribution in [-0.2, 0) is 22.4 Å². The molecule has 6 nitrogen and oxygen atoms in total. The third-order valence-electron chi connectivity index (χ3n) is 4.73. The van der Waals surface area contributed by atoms with Gasteiger partial charge in [0.15, 0.2) is 0 Å². The van der Waals surface area contributed by atoms with Gasteiger partial charge in [0.1, 0.15) is 5.00 Å². The molecule has 3 rings (SSSR count). The molecule has 1 heterocycles. The van der Waals surface area contributed by atoms with E-state index in [4.69, 9.17) is 4.74 Å². The van der Waals surface area contributed by atoms with Gasteiger partial charge in [0.2, 0.25) is 5.91 Å². The predicted molar refractivity (Wildman–Crippen MR) is 121 cm³/mol. The summed E-state index contributed by atoms with van der Waals surface area (Å²) in [4.78, 5) is 39.0. The van der Waals surface area contributed by atoms with E-state index >= 15 is 0 Å². The van der Waals surface area contributed by atoms with Crippen LogP contribution in [-0.4, -0.2) is 30.3 Å². The maximum atomic E-state index is 12.6. The standard InChI is InChI=1S/C22H26N2O4S2/c1-3-28-22(27)24-20(26)19-16-6-4-7-17(16)30-21(19)23-18(25)8-5-13-29-15-11-9-14(2)10-12-15/h9-12H,3-8,13H2,1-2H3,(H,23,25)(H,24,26,27). The van der Waals surface area contributed by atoms with Gasteiger partial charge in [0.25, 0.3) is 5.91 Å². The van der Waals surface area contributed by atoms with Crippen molar-refractivity contribution < 1.29 is 19.1 Å². The summed E-state index contributed by atoms with van der Waals surface area (Å²) in [5, 5.41) is 5.67. The molecule has 0 saturated heterocycles. The second-order valence-corrected chi connectivity index (χ2v) is 9.32. The molecule has 0 bridgehead atoms. The van der Waals surface area contributed by atoms with Gasteiger partial charge in [-0.3, -0.25) is 14.9 Å². The van der Waals surface area contributed by atoms with Crippen molar-refractivity contribution in [3.8, 4) is 0 Å². The fraction of sp³-hybridized carbons (Fsp3) is 0.409. The maximum absolute atomic E-state index is 12.6. The molecule has 30 heavy (non-hydrogen) atoms. The molecule has 160 valence electrons. The minimum absolute atomic E-state index is 0.121. The lowest BCUT2D eigenvalue weighted by Gasteiger charge is -2.09. The van der Waals surface area contributed by atoms with E-state index in [0.717, 1.165) is 41.9 Å². The Bertz CT molecular complexity index is 922. The lowest BCUT2D eigenvalue weighted by Crippen LogP contribution is -2.32. The first kappa shape index (κ1) is 22.4. The summed E-state index contributed by atoms with van der Waals surface area (Å²) in [7, 11) is 0. The second kappa shape index (κ2) is 10.6. The molecule has 1 aromatic carbocycles. The van der Waals surface area contributed by atoms with Crippen LogP contribution in [0.5, 0.6) is 0 Å². The second-order valence-electron chi connectivity index (χ2n) is 7.05. The van der Waals surface area contributed by atoms with Crippen LogP contribution in [0.2, 0.25) is 0 Å². The molecule has 0 unspecified atom stereocenters. The Labute approximate surface area is 184 Å². The van der Waals surface area contributed by atoms with Crippen LogP contribution in [0.1, 0.15) is 52.5 Å². The van der Waals surface area contributed by atoms with Gasteiger partial charge in [-0.05, 0) is 63.0 Å². The Morgan fingerprint density at radius 3 is 2.67 bits per heavy atom. The highest BCUT2D eigenvalue weighted by Gasteiger charge is 2.28. The molecule has 1 aromatic heterocycles. The van der Waals surface area contributed by atoms with E-state index in [1.807, 2.05) is 0 Å². The first-order valence-electron chi connectivity index (χ1n) is 10.1. The summed E-state index contributed by atoms with van der Waals surface area (Å²) in [5.74, 6) is 0.204. The molecule has 0 aliphatic heterocycles. The molecular weight excluding hydrogens is 420 g/mol. The largest absolute Gasteiger partial charge is 0.450 e. The van der Waals surface area contributed by atoms with Crippen LogP contribution in [0.15, 0.2) is 29.2 Å². The van der Waals surface area contributed by atoms with Crippen molar-refractivity contribution in [3.05, 3.63) is 45.8 Å². The molecule has 0 fully saturated rings. The fourth-order valence-corrected chi connectivity index (χ4v) is 5.46. The zero-order valence-corrected chi connectivity index (χ0v) is 18.8. The van der Waals surface area contributed by atoms with Crippen molar-refractivity contribution in [2.24, 2.45) is 0 Å². The molecule has 0 spiro atoms. The van der Waals surface area contributed by atoms with Gasteiger partial charge in [-0.15, -0.1) is 23.1 Å². The van der Waals surface area contributed by atoms with E-state index in [-0.39, 0.29) is 12.5 Å². The Hall–Kier alpha value is -2.32. The fourth-order valence-electron chi connectivity index (χ4n) is 3.30. The number of fused-ring (bicyclic) bond motifs is 1. The third kappa shape index (κ3) is 5.86. The average Bonchev–Trinajstić information content (AvgIpc) is 3.27. The number of amides is 3. The number of thioether (sulfide) groups is 1. The highest BCUT2D eigenvalue weighted by molar-refractivity contribution is 7.99. The summed E-state index contributed by atoms with van der Waals surface area (Å²) < 4.78 is 4.80. The van der Waals surface area contributed by atoms with Crippen molar-refractivity contribution in [1.29, 1.82) is 0 Å². The van der Waals surface area contributed by atoms with E-state index in [2.05, 4.69) is 41.8 Å². The van der Waals surface area contributed by atoms with Gasteiger partial charge in [0, 0.05) is 16.2 Å². The minimum Gasteiger partial charge on any atom is -0.450 e. The van der Waals surface area contributed by atoms with Crippen molar-refractivity contribution >= 4 is 46.0 Å². The number of ether oxygens (including phenoxy) is 1. The highest BCUT2D eigenvalue weighted by Crippen LogP contribution is 2.39. The number of aryl methyl sites for hydroxylation is 2. The molecule has 0 saturated carbocycles. The SMILES string of the molecule is CCOC(=O)NC(=O)c1c(NC(=O)CCCSc2ccc(C)cc2)sc2c1CCC2. The van der Waals surface area contributed by atoms with Gasteiger partial charge >= 0.3 is 6.09 Å². The zero-order chi connectivity index (χ0) is 21.5. The quantitative estimate of drug-likeness (QED) is 0.443. The van der Waals surface area contributed by atoms with Crippen LogP contribution in [0.3, 0.4) is 0 Å². The Kier molecular flexibility index (Phi) is 7.93. The molecule has 3 amide bonds. The van der Waals surface area contributed by atoms with Crippen LogP contribution >= 0.6 is 23.1 Å². The molecule has 1 aliphatic rings. The molecular formula is C22H26N2O4S2. The summed E-state index contributed by atoms with van der Waals surface area (Å²) in [5.41, 5.74) is 2.57. The Morgan fingerprint density at radius 2 is 1.93 bits per heavy atom. The van der Waals surface area contributed by atoms with Gasteiger partial charge in [-0.25, -0.2) is 4.79 Å². The number of imide groups is 1. The number of benzene rings is 1. The first-order valence-corrected chi connectivity index (χ1v) is 11.9. The Balaban J connectivity index is 1.56. The topological polar surface area (TPSA) is 84.5 Å². The smallest absolute Gasteiger partial charge is 0.414 e. The van der Waals surface area contributed by atoms with E-state index < -0.39 is 12.0 Å². The zero-order valence-electron chi connectivity index (χ0n) is 17.2. The van der Waals surface area contributed by atoms with Crippen LogP contribution in [0.4, 0.5) is 9.80 Å². The summed E-state index contributed by atoms with van der Waals surface area (Å²) in [6, 6.07) is 8.32. The van der Waals surface area contributed by atoms with Crippen LogP contribution in [0.25, 0.3) is 0 Å². The number of anilines is 1. The molecule has 2 aromatic rings.